The van der Waals surface area contributed by atoms with E-state index in [1.54, 1.807) is 11.8 Å². The summed E-state index contributed by atoms with van der Waals surface area (Å²) in [6.45, 7) is 4.36. The van der Waals surface area contributed by atoms with Crippen molar-refractivity contribution in [3.8, 4) is 0 Å². The molecule has 0 radical (unpaired) electrons. The van der Waals surface area contributed by atoms with Gasteiger partial charge in [-0.25, -0.2) is 4.79 Å². The number of thioether (sulfide) groups is 1. The highest BCUT2D eigenvalue weighted by Crippen LogP contribution is 2.61. The van der Waals surface area contributed by atoms with Crippen LogP contribution in [0.25, 0.3) is 0 Å². The van der Waals surface area contributed by atoms with E-state index in [-0.39, 0.29) is 18.2 Å². The van der Waals surface area contributed by atoms with Gasteiger partial charge in [-0.2, -0.15) is 0 Å². The molecule has 4 rings (SSSR count). The molecule has 1 amide bonds. The number of likely N-dealkylation sites (tertiary alicyclic amines) is 1. The Hall–Kier alpha value is -2.27. The molecule has 4 nitrogen and oxygen atoms in total. The van der Waals surface area contributed by atoms with Crippen LogP contribution in [-0.4, -0.2) is 34.2 Å². The summed E-state index contributed by atoms with van der Waals surface area (Å²) >= 11 is 1.73. The number of ether oxygens (including phenoxy) is 1. The zero-order valence-electron chi connectivity index (χ0n) is 15.7. The minimum Gasteiger partial charge on any atom is -0.450 e. The van der Waals surface area contributed by atoms with E-state index < -0.39 is 4.87 Å². The minimum atomic E-state index is -0.392. The second-order valence-corrected chi connectivity index (χ2v) is 8.20. The number of nitrogens with zero attached hydrogens (tertiary/aromatic N) is 2. The van der Waals surface area contributed by atoms with Crippen LogP contribution < -0.4 is 0 Å². The number of hydrogen-bond acceptors (Lipinski definition) is 4. The maximum absolute atomic E-state index is 12.6. The Labute approximate surface area is 164 Å². The summed E-state index contributed by atoms with van der Waals surface area (Å²) in [5.41, 5.74) is 2.29. The van der Waals surface area contributed by atoms with Gasteiger partial charge in [-0.3, -0.25) is 9.89 Å². The Morgan fingerprint density at radius 3 is 2.56 bits per heavy atom. The molecule has 1 heterocycles. The first-order valence-electron chi connectivity index (χ1n) is 9.49. The lowest BCUT2D eigenvalue weighted by molar-refractivity contribution is 0.132. The molecule has 2 aliphatic rings. The molecule has 3 atom stereocenters. The fourth-order valence-corrected chi connectivity index (χ4v) is 5.46. The Morgan fingerprint density at radius 2 is 1.89 bits per heavy atom. The van der Waals surface area contributed by atoms with Crippen LogP contribution in [0.2, 0.25) is 0 Å². The predicted octanol–water partition coefficient (Wildman–Crippen LogP) is 5.31. The van der Waals surface area contributed by atoms with Crippen LogP contribution >= 0.6 is 11.8 Å². The van der Waals surface area contributed by atoms with Crippen LogP contribution in [0, 0.1) is 0 Å². The van der Waals surface area contributed by atoms with Gasteiger partial charge < -0.3 is 4.74 Å². The largest absolute Gasteiger partial charge is 0.450 e. The summed E-state index contributed by atoms with van der Waals surface area (Å²) in [5, 5.41) is 0. The van der Waals surface area contributed by atoms with Gasteiger partial charge in [-0.05, 0) is 44.4 Å². The fourth-order valence-electron chi connectivity index (χ4n) is 3.93. The van der Waals surface area contributed by atoms with Gasteiger partial charge in [-0.1, -0.05) is 60.3 Å². The van der Waals surface area contributed by atoms with E-state index in [9.17, 15) is 4.79 Å². The topological polar surface area (TPSA) is 41.7 Å². The number of aliphatic imine (C=N–C) groups is 1. The molecule has 140 valence electrons. The maximum Gasteiger partial charge on any atom is 0.411 e. The van der Waals surface area contributed by atoms with E-state index in [1.165, 1.54) is 5.56 Å². The van der Waals surface area contributed by atoms with E-state index in [0.29, 0.717) is 6.61 Å². The van der Waals surface area contributed by atoms with Crippen LogP contribution in [0.15, 0.2) is 70.6 Å². The number of benzene rings is 2. The molecule has 0 aromatic heterocycles. The Kier molecular flexibility index (Phi) is 4.96. The van der Waals surface area contributed by atoms with Crippen molar-refractivity contribution in [2.75, 3.05) is 6.61 Å². The lowest BCUT2D eigenvalue weighted by Gasteiger charge is -2.20. The zero-order chi connectivity index (χ0) is 18.9. The van der Waals surface area contributed by atoms with Gasteiger partial charge >= 0.3 is 6.09 Å². The third kappa shape index (κ3) is 3.25. The Bertz CT molecular complexity index is 840. The maximum atomic E-state index is 12.6. The van der Waals surface area contributed by atoms with Crippen molar-refractivity contribution in [1.82, 2.24) is 4.90 Å². The van der Waals surface area contributed by atoms with Gasteiger partial charge in [0.15, 0.2) is 4.87 Å². The number of fused-ring (bicyclic) bond motifs is 1. The molecule has 1 saturated heterocycles. The van der Waals surface area contributed by atoms with Crippen molar-refractivity contribution in [2.24, 2.45) is 4.99 Å². The summed E-state index contributed by atoms with van der Waals surface area (Å²) < 4.78 is 5.32. The SMILES string of the molecule is CCOC(=O)N1C2CCC(=N[C@@H](C)c3ccccc3)[C@]21Sc1ccccc1. The van der Waals surface area contributed by atoms with Crippen LogP contribution in [0.4, 0.5) is 4.79 Å². The summed E-state index contributed by atoms with van der Waals surface area (Å²) in [5.74, 6) is 0. The predicted molar refractivity (Wildman–Crippen MR) is 109 cm³/mol. The quantitative estimate of drug-likeness (QED) is 0.660. The van der Waals surface area contributed by atoms with Crippen LogP contribution in [0.5, 0.6) is 0 Å². The fraction of sp³-hybridized carbons (Fsp3) is 0.364. The molecule has 0 spiro atoms. The van der Waals surface area contributed by atoms with E-state index in [0.717, 1.165) is 23.4 Å². The number of rotatable bonds is 5. The van der Waals surface area contributed by atoms with Crippen LogP contribution in [0.1, 0.15) is 38.3 Å². The summed E-state index contributed by atoms with van der Waals surface area (Å²) in [6.07, 6.45) is 1.64. The molecule has 0 N–H and O–H groups in total. The van der Waals surface area contributed by atoms with Crippen molar-refractivity contribution in [3.63, 3.8) is 0 Å². The van der Waals surface area contributed by atoms with Gasteiger partial charge in [-0.15, -0.1) is 0 Å². The lowest BCUT2D eigenvalue weighted by atomic mass is 10.1. The second-order valence-electron chi connectivity index (χ2n) is 6.90. The van der Waals surface area contributed by atoms with Crippen molar-refractivity contribution < 1.29 is 9.53 Å². The van der Waals surface area contributed by atoms with Crippen molar-refractivity contribution in [2.45, 2.75) is 48.5 Å². The van der Waals surface area contributed by atoms with E-state index in [4.69, 9.17) is 9.73 Å². The molecule has 5 heteroatoms. The highest BCUT2D eigenvalue weighted by molar-refractivity contribution is 8.01. The van der Waals surface area contributed by atoms with Gasteiger partial charge in [0.1, 0.15) is 0 Å². The van der Waals surface area contributed by atoms with Crippen molar-refractivity contribution in [3.05, 3.63) is 66.2 Å². The number of hydrogen-bond donors (Lipinski definition) is 0. The summed E-state index contributed by atoms with van der Waals surface area (Å²) in [4.78, 5) is 20.3. The second kappa shape index (κ2) is 7.39. The molecule has 2 aromatic rings. The highest BCUT2D eigenvalue weighted by atomic mass is 32.2. The average molecular weight is 381 g/mol. The molecule has 1 aliphatic heterocycles. The van der Waals surface area contributed by atoms with Crippen molar-refractivity contribution in [1.29, 1.82) is 0 Å². The van der Waals surface area contributed by atoms with Gasteiger partial charge in [0.25, 0.3) is 0 Å². The standard InChI is InChI=1S/C22H24N2O2S/c1-3-26-21(25)24-20-15-14-19(23-16(2)17-10-6-4-7-11-17)22(20,24)27-18-12-8-5-9-13-18/h4-13,16,20H,3,14-15H2,1-2H3/t16-,20?,22-,24?/m0/s1. The van der Waals surface area contributed by atoms with E-state index >= 15 is 0 Å². The zero-order valence-corrected chi connectivity index (χ0v) is 16.5. The molecular formula is C22H24N2O2S. The average Bonchev–Trinajstić information content (AvgIpc) is 3.21. The Morgan fingerprint density at radius 1 is 1.22 bits per heavy atom. The first-order chi connectivity index (χ1) is 13.2. The first kappa shape index (κ1) is 18.1. The number of carbonyl (C=O) groups is 1. The number of amides is 1. The molecule has 2 aromatic carbocycles. The smallest absolute Gasteiger partial charge is 0.411 e. The molecule has 0 bridgehead atoms. The molecule has 1 saturated carbocycles. The summed E-state index contributed by atoms with van der Waals surface area (Å²) in [6, 6.07) is 20.8. The molecule has 1 aliphatic carbocycles. The van der Waals surface area contributed by atoms with E-state index in [1.807, 2.05) is 48.2 Å². The van der Waals surface area contributed by atoms with Crippen LogP contribution in [-0.2, 0) is 4.74 Å². The monoisotopic (exact) mass is 380 g/mol. The van der Waals surface area contributed by atoms with Gasteiger partial charge in [0.05, 0.1) is 24.4 Å². The molecule has 27 heavy (non-hydrogen) atoms. The van der Waals surface area contributed by atoms with Gasteiger partial charge in [0.2, 0.25) is 0 Å². The lowest BCUT2D eigenvalue weighted by Crippen LogP contribution is -2.29. The number of piperidine rings is 1. The minimum absolute atomic E-state index is 0.0674. The van der Waals surface area contributed by atoms with E-state index in [2.05, 4.69) is 31.2 Å². The van der Waals surface area contributed by atoms with Gasteiger partial charge in [0, 0.05) is 4.90 Å². The third-order valence-electron chi connectivity index (χ3n) is 5.23. The third-order valence-corrected chi connectivity index (χ3v) is 6.76. The molecule has 1 unspecified atom stereocenters. The number of carbonyl (C=O) groups excluding carboxylic acids is 1. The highest BCUT2D eigenvalue weighted by Gasteiger charge is 2.72. The normalized spacial score (nSPS) is 25.9. The van der Waals surface area contributed by atoms with Crippen LogP contribution in [0.3, 0.4) is 0 Å². The first-order valence-corrected chi connectivity index (χ1v) is 10.3. The summed E-state index contributed by atoms with van der Waals surface area (Å²) in [7, 11) is 0. The molecule has 2 fully saturated rings. The van der Waals surface area contributed by atoms with Crippen molar-refractivity contribution >= 4 is 23.6 Å². The molecular weight excluding hydrogens is 356 g/mol. The Balaban J connectivity index is 1.66.